The molecular formula is C17H26ClNO3. The molecule has 1 heterocycles. The van der Waals surface area contributed by atoms with Crippen molar-refractivity contribution >= 4 is 18.4 Å². The van der Waals surface area contributed by atoms with Crippen molar-refractivity contribution in [2.24, 2.45) is 0 Å². The van der Waals surface area contributed by atoms with E-state index in [1.54, 1.807) is 24.3 Å². The number of aliphatic hydroxyl groups is 1. The number of halogens is 1. The third-order valence-corrected chi connectivity index (χ3v) is 4.75. The summed E-state index contributed by atoms with van der Waals surface area (Å²) in [6.07, 6.45) is 0.409. The molecule has 4 nitrogen and oxygen atoms in total. The van der Waals surface area contributed by atoms with Crippen LogP contribution in [-0.4, -0.2) is 40.7 Å². The molecule has 0 amide bonds. The molecule has 124 valence electrons. The van der Waals surface area contributed by atoms with Gasteiger partial charge >= 0.3 is 5.97 Å². The van der Waals surface area contributed by atoms with E-state index < -0.39 is 12.1 Å². The lowest BCUT2D eigenvalue weighted by Gasteiger charge is -2.47. The Morgan fingerprint density at radius 1 is 1.36 bits per heavy atom. The van der Waals surface area contributed by atoms with E-state index in [0.717, 1.165) is 12.8 Å². The van der Waals surface area contributed by atoms with Crippen LogP contribution in [0.2, 0.25) is 0 Å². The summed E-state index contributed by atoms with van der Waals surface area (Å²) >= 11 is 0. The van der Waals surface area contributed by atoms with Crippen LogP contribution in [0.5, 0.6) is 0 Å². The highest BCUT2D eigenvalue weighted by Crippen LogP contribution is 2.32. The monoisotopic (exact) mass is 327 g/mol. The number of carbonyl (C=O) groups excluding carboxylic acids is 1. The Morgan fingerprint density at radius 2 is 1.95 bits per heavy atom. The topological polar surface area (TPSA) is 49.8 Å². The normalized spacial score (nSPS) is 25.9. The molecule has 3 unspecified atom stereocenters. The molecular weight excluding hydrogens is 302 g/mol. The number of ether oxygens (including phenoxy) is 1. The fourth-order valence-electron chi connectivity index (χ4n) is 2.86. The molecule has 1 aromatic carbocycles. The van der Waals surface area contributed by atoms with E-state index in [4.69, 9.17) is 4.74 Å². The maximum atomic E-state index is 12.1. The molecule has 0 bridgehead atoms. The number of esters is 1. The summed E-state index contributed by atoms with van der Waals surface area (Å²) in [6.45, 7) is 6.45. The van der Waals surface area contributed by atoms with Gasteiger partial charge in [-0.15, -0.1) is 12.4 Å². The second-order valence-corrected chi connectivity index (χ2v) is 6.49. The van der Waals surface area contributed by atoms with Crippen LogP contribution in [0.15, 0.2) is 30.3 Å². The number of likely N-dealkylation sites (N-methyl/N-ethyl adjacent to an activating group) is 1. The van der Waals surface area contributed by atoms with Gasteiger partial charge in [0, 0.05) is 11.6 Å². The van der Waals surface area contributed by atoms with Crippen molar-refractivity contribution in [1.29, 1.82) is 0 Å². The Kier molecular flexibility index (Phi) is 6.41. The first-order valence-corrected chi connectivity index (χ1v) is 7.49. The SMILES string of the molecule is CC1C(OC(=O)C(O)c2ccccc2)CCC(C)(C)N1C.Cl. The summed E-state index contributed by atoms with van der Waals surface area (Å²) in [5.41, 5.74) is 0.681. The molecule has 1 N–H and O–H groups in total. The zero-order valence-corrected chi connectivity index (χ0v) is 14.5. The van der Waals surface area contributed by atoms with Crippen molar-refractivity contribution in [1.82, 2.24) is 4.90 Å². The number of benzene rings is 1. The summed E-state index contributed by atoms with van der Waals surface area (Å²) in [7, 11) is 2.05. The Labute approximate surface area is 138 Å². The third-order valence-electron chi connectivity index (χ3n) is 4.75. The molecule has 3 atom stereocenters. The lowest BCUT2D eigenvalue weighted by Crippen LogP contribution is -2.56. The Bertz CT molecular complexity index is 492. The van der Waals surface area contributed by atoms with Gasteiger partial charge in [0.2, 0.25) is 0 Å². The first-order valence-electron chi connectivity index (χ1n) is 7.49. The van der Waals surface area contributed by atoms with Gasteiger partial charge in [-0.1, -0.05) is 30.3 Å². The van der Waals surface area contributed by atoms with E-state index in [-0.39, 0.29) is 30.1 Å². The van der Waals surface area contributed by atoms with Gasteiger partial charge in [-0.05, 0) is 46.2 Å². The second-order valence-electron chi connectivity index (χ2n) is 6.49. The van der Waals surface area contributed by atoms with Crippen LogP contribution in [-0.2, 0) is 9.53 Å². The molecule has 22 heavy (non-hydrogen) atoms. The molecule has 2 rings (SSSR count). The van der Waals surface area contributed by atoms with Gasteiger partial charge in [-0.2, -0.15) is 0 Å². The highest BCUT2D eigenvalue weighted by atomic mass is 35.5. The van der Waals surface area contributed by atoms with Crippen LogP contribution in [0, 0.1) is 0 Å². The zero-order chi connectivity index (χ0) is 15.6. The van der Waals surface area contributed by atoms with E-state index in [0.29, 0.717) is 5.56 Å². The van der Waals surface area contributed by atoms with E-state index in [9.17, 15) is 9.90 Å². The van der Waals surface area contributed by atoms with Crippen molar-refractivity contribution < 1.29 is 14.6 Å². The maximum Gasteiger partial charge on any atom is 0.339 e. The summed E-state index contributed by atoms with van der Waals surface area (Å²) in [4.78, 5) is 14.4. The molecule has 1 saturated heterocycles. The summed E-state index contributed by atoms with van der Waals surface area (Å²) in [5.74, 6) is -0.564. The van der Waals surface area contributed by atoms with E-state index in [1.165, 1.54) is 0 Å². The van der Waals surface area contributed by atoms with Crippen LogP contribution >= 0.6 is 12.4 Å². The third kappa shape index (κ3) is 4.00. The summed E-state index contributed by atoms with van der Waals surface area (Å²) in [5, 5.41) is 10.1. The van der Waals surface area contributed by atoms with Crippen LogP contribution in [0.4, 0.5) is 0 Å². The smallest absolute Gasteiger partial charge is 0.339 e. The van der Waals surface area contributed by atoms with Crippen molar-refractivity contribution in [3.8, 4) is 0 Å². The van der Waals surface area contributed by atoms with Gasteiger partial charge in [0.15, 0.2) is 6.10 Å². The summed E-state index contributed by atoms with van der Waals surface area (Å²) in [6, 6.07) is 9.04. The lowest BCUT2D eigenvalue weighted by atomic mass is 9.85. The number of carbonyl (C=O) groups is 1. The highest BCUT2D eigenvalue weighted by molar-refractivity contribution is 5.85. The van der Waals surface area contributed by atoms with Crippen LogP contribution in [0.25, 0.3) is 0 Å². The molecule has 1 aromatic rings. The molecule has 0 aromatic heterocycles. The molecule has 1 aliphatic rings. The maximum absolute atomic E-state index is 12.1. The number of hydrogen-bond acceptors (Lipinski definition) is 4. The predicted octanol–water partition coefficient (Wildman–Crippen LogP) is 2.95. The lowest BCUT2D eigenvalue weighted by molar-refractivity contribution is -0.168. The minimum absolute atomic E-state index is 0. The van der Waals surface area contributed by atoms with Gasteiger partial charge < -0.3 is 9.84 Å². The standard InChI is InChI=1S/C17H25NO3.ClH/c1-12-14(10-11-17(2,3)18(12)4)21-16(20)15(19)13-8-6-5-7-9-13;/h5-9,12,14-15,19H,10-11H2,1-4H3;1H. The molecule has 1 aliphatic heterocycles. The largest absolute Gasteiger partial charge is 0.459 e. The average molecular weight is 328 g/mol. The first-order chi connectivity index (χ1) is 9.83. The van der Waals surface area contributed by atoms with Crippen LogP contribution < -0.4 is 0 Å². The molecule has 0 aliphatic carbocycles. The number of hydrogen-bond donors (Lipinski definition) is 1. The molecule has 0 saturated carbocycles. The number of likely N-dealkylation sites (tertiary alicyclic amines) is 1. The highest BCUT2D eigenvalue weighted by Gasteiger charge is 2.39. The Hall–Kier alpha value is -1.10. The van der Waals surface area contributed by atoms with E-state index in [2.05, 4.69) is 32.7 Å². The Morgan fingerprint density at radius 3 is 2.55 bits per heavy atom. The fourth-order valence-corrected chi connectivity index (χ4v) is 2.86. The molecule has 5 heteroatoms. The van der Waals surface area contributed by atoms with E-state index >= 15 is 0 Å². The van der Waals surface area contributed by atoms with Gasteiger partial charge in [0.05, 0.1) is 0 Å². The van der Waals surface area contributed by atoms with Gasteiger partial charge in [-0.3, -0.25) is 4.90 Å². The fraction of sp³-hybridized carbons (Fsp3) is 0.588. The van der Waals surface area contributed by atoms with Crippen LogP contribution in [0.3, 0.4) is 0 Å². The van der Waals surface area contributed by atoms with Gasteiger partial charge in [0.1, 0.15) is 6.10 Å². The summed E-state index contributed by atoms with van der Waals surface area (Å²) < 4.78 is 5.55. The van der Waals surface area contributed by atoms with E-state index in [1.807, 2.05) is 6.07 Å². The molecule has 1 fully saturated rings. The number of aliphatic hydroxyl groups excluding tert-OH is 1. The number of rotatable bonds is 3. The van der Waals surface area contributed by atoms with Crippen molar-refractivity contribution in [3.05, 3.63) is 35.9 Å². The minimum Gasteiger partial charge on any atom is -0.459 e. The molecule has 0 radical (unpaired) electrons. The zero-order valence-electron chi connectivity index (χ0n) is 13.7. The van der Waals surface area contributed by atoms with Crippen molar-refractivity contribution in [3.63, 3.8) is 0 Å². The van der Waals surface area contributed by atoms with Gasteiger partial charge in [-0.25, -0.2) is 4.79 Å². The Balaban J connectivity index is 0.00000242. The number of nitrogens with zero attached hydrogens (tertiary/aromatic N) is 1. The molecule has 0 spiro atoms. The first kappa shape index (κ1) is 18.9. The number of piperidine rings is 1. The van der Waals surface area contributed by atoms with Crippen LogP contribution in [0.1, 0.15) is 45.3 Å². The average Bonchev–Trinajstić information content (AvgIpc) is 2.48. The second kappa shape index (κ2) is 7.44. The van der Waals surface area contributed by atoms with Crippen molar-refractivity contribution in [2.45, 2.75) is 57.4 Å². The van der Waals surface area contributed by atoms with Gasteiger partial charge in [0.25, 0.3) is 0 Å². The quantitative estimate of drug-likeness (QED) is 0.867. The predicted molar refractivity (Wildman–Crippen MR) is 89.1 cm³/mol. The minimum atomic E-state index is -1.21. The van der Waals surface area contributed by atoms with Crippen molar-refractivity contribution in [2.75, 3.05) is 7.05 Å².